The standard InChI is InChI=1S/C120H72N6O3S/c1-2-25-74(26-3-1)121-100-42-14-7-33-89(100)112-104(121)54-50-85-86-51-55-105-113(118(86)128-117(85)112)90-34-8-15-43-101(90)123(105)75-27-18-22-69(62-75)71-46-58-108-93(65-71)94-67-79(48-59-109(94)127-108)126-99-41-13-6-32-83(99)84-38-21-37-80(116(84)126)73-24-20-29-77(64-73)125-103-45-17-10-36-92(103)115-107(125)57-53-88-87-52-56-106-114(119(87)129-120(88)115)91-35-9-16-44-102(91)124(106)76-28-19-23-70(63-76)72-47-60-110-95(66-72)96-68-78(49-61-111(96)130-110)122-97-39-11-4-30-81(97)82-31-5-12-40-98(82)122/h1-5,7-31,33-63,65-68,77H,6,32,64H2. The van der Waals surface area contributed by atoms with Gasteiger partial charge in [-0.05, 0) is 241 Å². The van der Waals surface area contributed by atoms with Crippen molar-refractivity contribution in [3.05, 3.63) is 405 Å². The fraction of sp³-hybridized carbons (Fsp3) is 0.0333. The summed E-state index contributed by atoms with van der Waals surface area (Å²) in [5.74, 6) is 0. The van der Waals surface area contributed by atoms with Gasteiger partial charge in [-0.1, -0.05) is 206 Å². The first kappa shape index (κ1) is 70.6. The molecule has 1 unspecified atom stereocenters. The lowest BCUT2D eigenvalue weighted by atomic mass is 9.91. The lowest BCUT2D eigenvalue weighted by Gasteiger charge is -2.23. The highest BCUT2D eigenvalue weighted by atomic mass is 32.1. The number of hydrogen-bond donors (Lipinski definition) is 0. The molecule has 0 bridgehead atoms. The van der Waals surface area contributed by atoms with E-state index in [2.05, 4.69) is 422 Å². The third-order valence-electron chi connectivity index (χ3n) is 28.8. The van der Waals surface area contributed by atoms with Gasteiger partial charge in [0, 0.05) is 135 Å². The molecule has 28 aromatic rings. The van der Waals surface area contributed by atoms with Crippen molar-refractivity contribution in [1.29, 1.82) is 0 Å². The molecule has 10 aromatic heterocycles. The van der Waals surface area contributed by atoms with Crippen LogP contribution in [0.5, 0.6) is 0 Å². The summed E-state index contributed by atoms with van der Waals surface area (Å²) in [6.45, 7) is 0. The topological polar surface area (TPSA) is 69.0 Å². The number of aromatic nitrogens is 6. The van der Waals surface area contributed by atoms with Gasteiger partial charge in [-0.3, -0.25) is 0 Å². The van der Waals surface area contributed by atoms with Crippen molar-refractivity contribution >= 4 is 229 Å². The second-order valence-corrected chi connectivity index (χ2v) is 36.6. The van der Waals surface area contributed by atoms with Gasteiger partial charge in [0.1, 0.15) is 33.5 Å². The highest BCUT2D eigenvalue weighted by molar-refractivity contribution is 7.25. The predicted octanol–water partition coefficient (Wildman–Crippen LogP) is 33.1. The van der Waals surface area contributed by atoms with E-state index in [4.69, 9.17) is 13.3 Å². The molecule has 10 heteroatoms. The second-order valence-electron chi connectivity index (χ2n) is 35.5. The molecule has 0 radical (unpaired) electrons. The van der Waals surface area contributed by atoms with Crippen LogP contribution < -0.4 is 0 Å². The number of benzene rings is 18. The molecule has 2 aliphatic carbocycles. The van der Waals surface area contributed by atoms with E-state index in [-0.39, 0.29) is 6.04 Å². The zero-order chi connectivity index (χ0) is 84.4. The van der Waals surface area contributed by atoms with Gasteiger partial charge < -0.3 is 40.7 Å². The number of allylic oxidation sites excluding steroid dienone is 5. The fourth-order valence-electron chi connectivity index (χ4n) is 23.3. The molecule has 606 valence electrons. The van der Waals surface area contributed by atoms with Gasteiger partial charge in [0.15, 0.2) is 0 Å². The van der Waals surface area contributed by atoms with E-state index in [0.717, 1.165) is 195 Å². The molecule has 9 nitrogen and oxygen atoms in total. The average Bonchev–Trinajstić information content (AvgIpc) is 1.54. The van der Waals surface area contributed by atoms with Crippen LogP contribution in [0.4, 0.5) is 0 Å². The van der Waals surface area contributed by atoms with Crippen LogP contribution in [0.15, 0.2) is 402 Å². The molecule has 130 heavy (non-hydrogen) atoms. The Morgan fingerprint density at radius 3 is 1.29 bits per heavy atom. The van der Waals surface area contributed by atoms with Crippen molar-refractivity contribution in [3.8, 4) is 50.7 Å². The molecule has 1 atom stereocenters. The Kier molecular flexibility index (Phi) is 14.4. The number of furan rings is 3. The van der Waals surface area contributed by atoms with Gasteiger partial charge in [-0.15, -0.1) is 11.3 Å². The number of nitrogens with zero attached hydrogens (tertiary/aromatic N) is 6. The van der Waals surface area contributed by atoms with Crippen LogP contribution in [0.3, 0.4) is 0 Å². The normalized spacial score (nSPS) is 14.0. The van der Waals surface area contributed by atoms with Crippen LogP contribution in [0.25, 0.3) is 268 Å². The third-order valence-corrected chi connectivity index (χ3v) is 29.9. The molecule has 30 rings (SSSR count). The summed E-state index contributed by atoms with van der Waals surface area (Å²) < 4.78 is 39.1. The number of rotatable bonds is 9. The molecular formula is C120H72N6O3S. The lowest BCUT2D eigenvalue weighted by molar-refractivity contribution is 0.655. The largest absolute Gasteiger partial charge is 0.456 e. The third kappa shape index (κ3) is 9.78. The van der Waals surface area contributed by atoms with Crippen molar-refractivity contribution < 1.29 is 13.3 Å². The van der Waals surface area contributed by atoms with E-state index < -0.39 is 0 Å². The fourth-order valence-corrected chi connectivity index (χ4v) is 24.3. The van der Waals surface area contributed by atoms with Crippen LogP contribution in [0.1, 0.15) is 35.7 Å². The smallest absolute Gasteiger partial charge is 0.145 e. The molecule has 0 saturated carbocycles. The maximum Gasteiger partial charge on any atom is 0.145 e. The monoisotopic (exact) mass is 1680 g/mol. The molecule has 2 aliphatic rings. The van der Waals surface area contributed by atoms with Gasteiger partial charge in [-0.2, -0.15) is 0 Å². The number of para-hydroxylation sites is 8. The zero-order valence-electron chi connectivity index (χ0n) is 70.0. The van der Waals surface area contributed by atoms with Crippen LogP contribution in [-0.2, 0) is 6.42 Å². The van der Waals surface area contributed by atoms with Crippen molar-refractivity contribution in [2.75, 3.05) is 0 Å². The number of aryl methyl sites for hydroxylation is 1. The van der Waals surface area contributed by atoms with E-state index in [1.807, 2.05) is 11.3 Å². The first-order valence-electron chi connectivity index (χ1n) is 45.0. The minimum atomic E-state index is -0.0117. The highest BCUT2D eigenvalue weighted by Gasteiger charge is 2.31. The van der Waals surface area contributed by atoms with Crippen LogP contribution in [-0.4, -0.2) is 27.4 Å². The van der Waals surface area contributed by atoms with Crippen molar-refractivity contribution in [3.63, 3.8) is 0 Å². The zero-order valence-corrected chi connectivity index (χ0v) is 70.9. The van der Waals surface area contributed by atoms with Crippen molar-refractivity contribution in [2.45, 2.75) is 25.3 Å². The highest BCUT2D eigenvalue weighted by Crippen LogP contribution is 2.52. The second kappa shape index (κ2) is 26.5. The first-order chi connectivity index (χ1) is 64.5. The maximum absolute atomic E-state index is 7.59. The Bertz CT molecular complexity index is 9970. The van der Waals surface area contributed by atoms with Gasteiger partial charge >= 0.3 is 0 Å². The number of thiophene rings is 1. The Hall–Kier alpha value is -16.7. The summed E-state index contributed by atoms with van der Waals surface area (Å²) in [6.07, 6.45) is 14.5. The van der Waals surface area contributed by atoms with E-state index in [1.165, 1.54) is 103 Å². The molecule has 10 heterocycles. The number of fused-ring (bicyclic) bond motifs is 34. The summed E-state index contributed by atoms with van der Waals surface area (Å²) in [5.41, 5.74) is 33.2. The molecule has 0 spiro atoms. The quantitative estimate of drug-likeness (QED) is 0.145. The Morgan fingerprint density at radius 2 is 0.692 bits per heavy atom. The maximum atomic E-state index is 7.59. The van der Waals surface area contributed by atoms with Crippen LogP contribution in [0, 0.1) is 0 Å². The van der Waals surface area contributed by atoms with Crippen LogP contribution >= 0.6 is 11.3 Å². The lowest BCUT2D eigenvalue weighted by Crippen LogP contribution is -2.10. The SMILES string of the molecule is C1=CC(n2c3ccccc3c3c4oc5c(ccc6c5c5ccccc5n6-c5cccc(-c6ccc7sc8ccc(-n9c%10ccccc%10c%10ccccc%109)cc8c7c6)c5)c4ccc32)CC(c2cccc3c4c(n(-c5ccc6oc7ccc(-c8cccc(-n9c%10ccccc%10c%10c%11oc%12c(ccc%13c%12c%12ccccc%12n%13-c%12ccccc%12)c%11ccc%109)c8)cc7c6c5)c23)C=CCC4)=C1. The minimum Gasteiger partial charge on any atom is -0.456 e. The van der Waals surface area contributed by atoms with Gasteiger partial charge in [0.25, 0.3) is 0 Å². The molecule has 18 aromatic carbocycles. The van der Waals surface area contributed by atoms with Gasteiger partial charge in [-0.25, -0.2) is 0 Å². The molecule has 0 fully saturated rings. The Balaban J connectivity index is 0.497. The Morgan fingerprint density at radius 1 is 0.277 bits per heavy atom. The van der Waals surface area contributed by atoms with Crippen LogP contribution in [0.2, 0.25) is 0 Å². The number of hydrogen-bond acceptors (Lipinski definition) is 4. The summed E-state index contributed by atoms with van der Waals surface area (Å²) >= 11 is 1.86. The molecule has 0 N–H and O–H groups in total. The summed E-state index contributed by atoms with van der Waals surface area (Å²) in [4.78, 5) is 0. The average molecular weight is 1680 g/mol. The van der Waals surface area contributed by atoms with Crippen molar-refractivity contribution in [1.82, 2.24) is 27.4 Å². The summed E-state index contributed by atoms with van der Waals surface area (Å²) in [5, 5.41) is 22.0. The molecule has 0 saturated heterocycles. The minimum absolute atomic E-state index is 0.0117. The van der Waals surface area contributed by atoms with E-state index in [1.54, 1.807) is 0 Å². The van der Waals surface area contributed by atoms with E-state index in [9.17, 15) is 0 Å². The summed E-state index contributed by atoms with van der Waals surface area (Å²) in [7, 11) is 0. The van der Waals surface area contributed by atoms with Crippen molar-refractivity contribution in [2.24, 2.45) is 0 Å². The van der Waals surface area contributed by atoms with E-state index in [0.29, 0.717) is 0 Å². The molecular weight excluding hydrogens is 1610 g/mol. The first-order valence-corrected chi connectivity index (χ1v) is 45.8. The van der Waals surface area contributed by atoms with E-state index >= 15 is 0 Å². The van der Waals surface area contributed by atoms with Gasteiger partial charge in [0.05, 0.1) is 82.8 Å². The Labute approximate surface area is 745 Å². The predicted molar refractivity (Wildman–Crippen MR) is 544 cm³/mol. The molecule has 0 amide bonds. The van der Waals surface area contributed by atoms with Gasteiger partial charge in [0.2, 0.25) is 0 Å². The summed E-state index contributed by atoms with van der Waals surface area (Å²) in [6, 6.07) is 134. The molecule has 0 aliphatic heterocycles.